The Bertz CT molecular complexity index is 522. The second-order valence-corrected chi connectivity index (χ2v) is 7.55. The summed E-state index contributed by atoms with van der Waals surface area (Å²) in [5.74, 6) is 0.163. The molecule has 0 heterocycles. The molecular weight excluding hydrogens is 350 g/mol. The minimum absolute atomic E-state index is 0. The minimum atomic E-state index is 0. The van der Waals surface area contributed by atoms with Crippen LogP contribution < -0.4 is 113 Å². The van der Waals surface area contributed by atoms with Gasteiger partial charge in [-0.25, -0.2) is 0 Å². The van der Waals surface area contributed by atoms with Gasteiger partial charge < -0.3 is 10.2 Å². The van der Waals surface area contributed by atoms with Crippen molar-refractivity contribution in [2.75, 3.05) is 0 Å². The molecule has 0 saturated carbocycles. The van der Waals surface area contributed by atoms with Gasteiger partial charge in [-0.1, -0.05) is 90.1 Å². The molecule has 0 amide bonds. The van der Waals surface area contributed by atoms with Crippen LogP contribution in [0.15, 0.2) is 48.5 Å². The van der Waals surface area contributed by atoms with Crippen molar-refractivity contribution in [2.45, 2.75) is 52.4 Å². The molecule has 0 atom stereocenters. The SMILES string of the molecule is CC(C)(C)c1ccc([O-])cc1.CC(C)(C)c1ccc([O-])cc1.[K+].[K+]. The first-order chi connectivity index (χ1) is 10.00. The topological polar surface area (TPSA) is 46.1 Å². The second-order valence-electron chi connectivity index (χ2n) is 7.55. The molecule has 2 nitrogen and oxygen atoms in total. The van der Waals surface area contributed by atoms with Gasteiger partial charge in [0.25, 0.3) is 0 Å². The summed E-state index contributed by atoms with van der Waals surface area (Å²) < 4.78 is 0. The van der Waals surface area contributed by atoms with Crippen LogP contribution in [0.2, 0.25) is 0 Å². The molecule has 0 aliphatic heterocycles. The maximum absolute atomic E-state index is 10.7. The Labute approximate surface area is 232 Å². The van der Waals surface area contributed by atoms with Crippen molar-refractivity contribution in [2.24, 2.45) is 0 Å². The average molecular weight is 377 g/mol. The van der Waals surface area contributed by atoms with Gasteiger partial charge in [0.2, 0.25) is 0 Å². The van der Waals surface area contributed by atoms with E-state index in [0.29, 0.717) is 0 Å². The van der Waals surface area contributed by atoms with Crippen LogP contribution in [0.1, 0.15) is 52.7 Å². The molecule has 0 bridgehead atoms. The Hall–Kier alpha value is 1.31. The van der Waals surface area contributed by atoms with Gasteiger partial charge in [0, 0.05) is 0 Å². The minimum Gasteiger partial charge on any atom is -0.872 e. The van der Waals surface area contributed by atoms with Gasteiger partial charge in [0.15, 0.2) is 0 Å². The molecule has 0 fully saturated rings. The summed E-state index contributed by atoms with van der Waals surface area (Å²) >= 11 is 0. The summed E-state index contributed by atoms with van der Waals surface area (Å²) in [5, 5.41) is 21.5. The zero-order chi connectivity index (χ0) is 17.0. The van der Waals surface area contributed by atoms with E-state index in [1.807, 2.05) is 24.3 Å². The van der Waals surface area contributed by atoms with Crippen molar-refractivity contribution in [3.63, 3.8) is 0 Å². The van der Waals surface area contributed by atoms with E-state index in [4.69, 9.17) is 0 Å². The van der Waals surface area contributed by atoms with Gasteiger partial charge in [-0.2, -0.15) is 0 Å². The first-order valence-electron chi connectivity index (χ1n) is 7.55. The van der Waals surface area contributed by atoms with Crippen LogP contribution in [0.25, 0.3) is 0 Å². The normalized spacial score (nSPS) is 10.6. The Morgan fingerprint density at radius 3 is 0.875 bits per heavy atom. The van der Waals surface area contributed by atoms with Gasteiger partial charge in [-0.3, -0.25) is 0 Å². The van der Waals surface area contributed by atoms with E-state index < -0.39 is 0 Å². The van der Waals surface area contributed by atoms with Gasteiger partial charge in [-0.15, -0.1) is 11.5 Å². The van der Waals surface area contributed by atoms with E-state index >= 15 is 0 Å². The molecule has 4 heteroatoms. The predicted octanol–water partition coefficient (Wildman–Crippen LogP) is -1.88. The molecule has 0 N–H and O–H groups in total. The van der Waals surface area contributed by atoms with Crippen molar-refractivity contribution in [3.05, 3.63) is 59.7 Å². The maximum Gasteiger partial charge on any atom is 1.00 e. The third kappa shape index (κ3) is 10.5. The average Bonchev–Trinajstić information content (AvgIpc) is 2.38. The number of hydrogen-bond donors (Lipinski definition) is 0. The van der Waals surface area contributed by atoms with Crippen LogP contribution >= 0.6 is 0 Å². The predicted molar refractivity (Wildman–Crippen MR) is 89.2 cm³/mol. The van der Waals surface area contributed by atoms with E-state index in [1.165, 1.54) is 11.1 Å². The first kappa shape index (κ1) is 27.5. The maximum atomic E-state index is 10.7. The van der Waals surface area contributed by atoms with Crippen LogP contribution in [-0.4, -0.2) is 0 Å². The molecule has 0 radical (unpaired) electrons. The monoisotopic (exact) mass is 376 g/mol. The quantitative estimate of drug-likeness (QED) is 0.506. The molecule has 0 aliphatic carbocycles. The summed E-state index contributed by atoms with van der Waals surface area (Å²) in [7, 11) is 0. The molecule has 0 aromatic heterocycles. The Kier molecular flexibility index (Phi) is 13.7. The van der Waals surface area contributed by atoms with E-state index in [2.05, 4.69) is 41.5 Å². The molecule has 2 aromatic rings. The summed E-state index contributed by atoms with van der Waals surface area (Å²) in [6, 6.07) is 14.0. The standard InChI is InChI=1S/2C10H14O.2K/c2*1-10(2,3)8-4-6-9(11)7-5-8;;/h2*4-7,11H,1-3H3;;/q;;2*+1/p-2. The van der Waals surface area contributed by atoms with Crippen LogP contribution in [0, 0.1) is 0 Å². The fourth-order valence-electron chi connectivity index (χ4n) is 1.91. The second kappa shape index (κ2) is 11.9. The number of rotatable bonds is 0. The molecule has 0 spiro atoms. The summed E-state index contributed by atoms with van der Waals surface area (Å²) in [6.07, 6.45) is 0. The summed E-state index contributed by atoms with van der Waals surface area (Å²) in [5.41, 5.74) is 2.70. The molecule has 120 valence electrons. The zero-order valence-electron chi connectivity index (χ0n) is 16.4. The van der Waals surface area contributed by atoms with Crippen LogP contribution in [0.3, 0.4) is 0 Å². The fourth-order valence-corrected chi connectivity index (χ4v) is 1.91. The molecule has 24 heavy (non-hydrogen) atoms. The molecule has 0 aliphatic rings. The third-order valence-corrected chi connectivity index (χ3v) is 3.44. The van der Waals surface area contributed by atoms with Crippen LogP contribution in [0.4, 0.5) is 0 Å². The largest absolute Gasteiger partial charge is 1.00 e. The van der Waals surface area contributed by atoms with E-state index in [0.717, 1.165) is 0 Å². The molecule has 0 unspecified atom stereocenters. The Morgan fingerprint density at radius 2 is 0.708 bits per heavy atom. The van der Waals surface area contributed by atoms with Gasteiger partial charge in [0.05, 0.1) is 0 Å². The van der Waals surface area contributed by atoms with Crippen molar-refractivity contribution in [3.8, 4) is 11.5 Å². The summed E-state index contributed by atoms with van der Waals surface area (Å²) in [4.78, 5) is 0. The molecule has 2 rings (SSSR count). The Morgan fingerprint density at radius 1 is 0.500 bits per heavy atom. The van der Waals surface area contributed by atoms with Gasteiger partial charge >= 0.3 is 103 Å². The zero-order valence-corrected chi connectivity index (χ0v) is 22.7. The van der Waals surface area contributed by atoms with E-state index in [9.17, 15) is 10.2 Å². The smallest absolute Gasteiger partial charge is 0.872 e. The number of hydrogen-bond acceptors (Lipinski definition) is 2. The fraction of sp³-hybridized carbons (Fsp3) is 0.400. The Balaban J connectivity index is 0. The van der Waals surface area contributed by atoms with Crippen molar-refractivity contribution < 1.29 is 113 Å². The summed E-state index contributed by atoms with van der Waals surface area (Å²) in [6.45, 7) is 12.8. The van der Waals surface area contributed by atoms with Gasteiger partial charge in [0.1, 0.15) is 0 Å². The van der Waals surface area contributed by atoms with Crippen molar-refractivity contribution in [1.82, 2.24) is 0 Å². The molecule has 2 aromatic carbocycles. The third-order valence-electron chi connectivity index (χ3n) is 3.44. The number of benzene rings is 2. The van der Waals surface area contributed by atoms with Gasteiger partial charge in [-0.05, 0) is 22.0 Å². The van der Waals surface area contributed by atoms with E-state index in [1.54, 1.807) is 24.3 Å². The first-order valence-corrected chi connectivity index (χ1v) is 7.55. The molecule has 0 saturated heterocycles. The van der Waals surface area contributed by atoms with Crippen LogP contribution in [0.5, 0.6) is 11.5 Å². The van der Waals surface area contributed by atoms with Crippen molar-refractivity contribution in [1.29, 1.82) is 0 Å². The van der Waals surface area contributed by atoms with Crippen molar-refractivity contribution >= 4 is 0 Å². The van der Waals surface area contributed by atoms with Crippen LogP contribution in [-0.2, 0) is 10.8 Å². The van der Waals surface area contributed by atoms with E-state index in [-0.39, 0.29) is 125 Å². The molecular formula is C20H26K2O2.